The molecule has 0 aromatic heterocycles. The first-order chi connectivity index (χ1) is 19.0. The largest absolute Gasteiger partial charge is 0.454 e. The molecule has 0 fully saturated rings. The Morgan fingerprint density at radius 2 is 1.62 bits per heavy atom. The van der Waals surface area contributed by atoms with Gasteiger partial charge in [-0.1, -0.05) is 42.5 Å². The molecule has 7 nitrogen and oxygen atoms in total. The number of para-hydroxylation sites is 2. The van der Waals surface area contributed by atoms with Crippen LogP contribution in [0.1, 0.15) is 27.0 Å². The van der Waals surface area contributed by atoms with E-state index in [0.717, 1.165) is 21.6 Å². The fourth-order valence-electron chi connectivity index (χ4n) is 4.07. The van der Waals surface area contributed by atoms with Crippen molar-refractivity contribution in [2.24, 2.45) is 0 Å². The van der Waals surface area contributed by atoms with Gasteiger partial charge in [0.2, 0.25) is 6.79 Å². The van der Waals surface area contributed by atoms with Crippen molar-refractivity contribution in [1.82, 2.24) is 5.32 Å². The van der Waals surface area contributed by atoms with E-state index < -0.39 is 0 Å². The van der Waals surface area contributed by atoms with Crippen molar-refractivity contribution in [2.75, 3.05) is 24.1 Å². The molecular formula is C31H27N3O4S. The summed E-state index contributed by atoms with van der Waals surface area (Å²) in [5.74, 6) is 0.769. The van der Waals surface area contributed by atoms with Crippen LogP contribution in [-0.2, 0) is 11.3 Å². The minimum Gasteiger partial charge on any atom is -0.454 e. The van der Waals surface area contributed by atoms with Crippen molar-refractivity contribution in [1.29, 1.82) is 0 Å². The fourth-order valence-corrected chi connectivity index (χ4v) is 4.48. The molecule has 0 radical (unpaired) electrons. The third-order valence-electron chi connectivity index (χ3n) is 6.23. The Morgan fingerprint density at radius 1 is 0.897 bits per heavy atom. The van der Waals surface area contributed by atoms with Crippen LogP contribution in [-0.4, -0.2) is 24.9 Å². The molecular weight excluding hydrogens is 510 g/mol. The number of nitrogen functional groups attached to an aromatic ring is 1. The lowest BCUT2D eigenvalue weighted by atomic mass is 10.0. The van der Waals surface area contributed by atoms with E-state index in [9.17, 15) is 9.59 Å². The zero-order valence-electron chi connectivity index (χ0n) is 21.3. The second kappa shape index (κ2) is 11.8. The summed E-state index contributed by atoms with van der Waals surface area (Å²) in [6.45, 7) is 0.451. The highest BCUT2D eigenvalue weighted by molar-refractivity contribution is 7.98. The molecule has 4 aromatic rings. The van der Waals surface area contributed by atoms with Crippen molar-refractivity contribution in [3.05, 3.63) is 113 Å². The fraction of sp³-hybridized carbons (Fsp3) is 0.0968. The number of benzene rings is 4. The van der Waals surface area contributed by atoms with E-state index in [2.05, 4.69) is 10.6 Å². The van der Waals surface area contributed by atoms with E-state index in [4.69, 9.17) is 15.2 Å². The molecule has 0 atom stereocenters. The van der Waals surface area contributed by atoms with Gasteiger partial charge in [-0.25, -0.2) is 0 Å². The van der Waals surface area contributed by atoms with E-state index in [-0.39, 0.29) is 18.6 Å². The summed E-state index contributed by atoms with van der Waals surface area (Å²) in [4.78, 5) is 27.2. The Hall–Kier alpha value is -4.69. The molecule has 0 bridgehead atoms. The molecule has 39 heavy (non-hydrogen) atoms. The van der Waals surface area contributed by atoms with Crippen molar-refractivity contribution in [3.8, 4) is 11.5 Å². The Bertz CT molecular complexity index is 1530. The highest BCUT2D eigenvalue weighted by Crippen LogP contribution is 2.35. The van der Waals surface area contributed by atoms with E-state index in [1.54, 1.807) is 36.0 Å². The van der Waals surface area contributed by atoms with Gasteiger partial charge in [0.25, 0.3) is 11.8 Å². The maximum absolute atomic E-state index is 13.4. The molecule has 5 rings (SSSR count). The number of hydrogen-bond acceptors (Lipinski definition) is 6. The van der Waals surface area contributed by atoms with Gasteiger partial charge in [-0.2, -0.15) is 0 Å². The van der Waals surface area contributed by atoms with Crippen molar-refractivity contribution in [2.45, 2.75) is 11.4 Å². The lowest BCUT2D eigenvalue weighted by Gasteiger charge is -2.12. The first kappa shape index (κ1) is 25.9. The van der Waals surface area contributed by atoms with E-state index >= 15 is 0 Å². The molecule has 196 valence electrons. The van der Waals surface area contributed by atoms with Crippen LogP contribution in [0.25, 0.3) is 11.6 Å². The van der Waals surface area contributed by atoms with Gasteiger partial charge in [0, 0.05) is 22.6 Å². The smallest absolute Gasteiger partial charge is 0.255 e. The van der Waals surface area contributed by atoms with Gasteiger partial charge in [-0.3, -0.25) is 9.59 Å². The average molecular weight is 538 g/mol. The van der Waals surface area contributed by atoms with E-state index in [1.807, 2.05) is 79.1 Å². The van der Waals surface area contributed by atoms with Crippen LogP contribution in [0.4, 0.5) is 11.4 Å². The van der Waals surface area contributed by atoms with Crippen LogP contribution in [0.15, 0.2) is 95.9 Å². The van der Waals surface area contributed by atoms with Crippen molar-refractivity contribution >= 4 is 46.6 Å². The summed E-state index contributed by atoms with van der Waals surface area (Å²) in [5.41, 5.74) is 10.4. The maximum atomic E-state index is 13.4. The van der Waals surface area contributed by atoms with Gasteiger partial charge in [-0.05, 0) is 77.6 Å². The molecule has 0 saturated heterocycles. The number of carbonyl (C=O) groups excluding carboxylic acids is 2. The summed E-state index contributed by atoms with van der Waals surface area (Å²) < 4.78 is 11.0. The van der Waals surface area contributed by atoms with E-state index in [0.29, 0.717) is 40.6 Å². The molecule has 0 spiro atoms. The van der Waals surface area contributed by atoms with Crippen molar-refractivity contribution in [3.63, 3.8) is 0 Å². The number of rotatable bonds is 8. The molecule has 2 amide bonds. The summed E-state index contributed by atoms with van der Waals surface area (Å²) in [7, 11) is 0. The summed E-state index contributed by atoms with van der Waals surface area (Å²) in [5, 5.41) is 5.82. The zero-order chi connectivity index (χ0) is 27.2. The first-order valence-electron chi connectivity index (χ1n) is 12.3. The number of hydrogen-bond donors (Lipinski definition) is 3. The van der Waals surface area contributed by atoms with E-state index in [1.165, 1.54) is 0 Å². The number of ether oxygens (including phenoxy) is 2. The SMILES string of the molecule is CSc1ccc(/C=C(/C(=O)NCc2ccc(C(=O)Nc3ccccc3N)cc2)c2ccc3c(c2)OCO3)cc1. The molecule has 0 saturated carbocycles. The lowest BCUT2D eigenvalue weighted by Crippen LogP contribution is -2.24. The van der Waals surface area contributed by atoms with Gasteiger partial charge < -0.3 is 25.8 Å². The van der Waals surface area contributed by atoms with Crippen molar-refractivity contribution < 1.29 is 19.1 Å². The number of fused-ring (bicyclic) bond motifs is 1. The predicted octanol–water partition coefficient (Wildman–Crippen LogP) is 5.83. The molecule has 0 unspecified atom stereocenters. The average Bonchev–Trinajstić information content (AvgIpc) is 3.44. The summed E-state index contributed by atoms with van der Waals surface area (Å²) >= 11 is 1.66. The minimum atomic E-state index is -0.260. The van der Waals surface area contributed by atoms with Gasteiger partial charge in [0.05, 0.1) is 11.4 Å². The van der Waals surface area contributed by atoms with Gasteiger partial charge in [0.1, 0.15) is 0 Å². The molecule has 1 aliphatic heterocycles. The topological polar surface area (TPSA) is 103 Å². The Morgan fingerprint density at radius 3 is 2.36 bits per heavy atom. The normalized spacial score (nSPS) is 12.2. The van der Waals surface area contributed by atoms with Gasteiger partial charge in [0.15, 0.2) is 11.5 Å². The number of thioether (sulfide) groups is 1. The third kappa shape index (κ3) is 6.25. The van der Waals surface area contributed by atoms with Crippen LogP contribution in [0.5, 0.6) is 11.5 Å². The number of amides is 2. The second-order valence-corrected chi connectivity index (χ2v) is 9.70. The third-order valence-corrected chi connectivity index (χ3v) is 6.98. The zero-order valence-corrected chi connectivity index (χ0v) is 22.1. The quantitative estimate of drug-likeness (QED) is 0.113. The first-order valence-corrected chi connectivity index (χ1v) is 13.5. The Balaban J connectivity index is 1.30. The molecule has 0 aliphatic carbocycles. The number of nitrogens with two attached hydrogens (primary N) is 1. The number of nitrogens with one attached hydrogen (secondary N) is 2. The van der Waals surface area contributed by atoms with Gasteiger partial charge >= 0.3 is 0 Å². The Kier molecular flexibility index (Phi) is 7.84. The summed E-state index contributed by atoms with van der Waals surface area (Å²) in [6.07, 6.45) is 3.88. The standard InChI is InChI=1S/C31H27N3O4S/c1-39-24-13-8-20(9-14-24)16-25(23-12-15-28-29(17-23)38-19-37-28)31(36)33-18-21-6-10-22(11-7-21)30(35)34-27-5-3-2-4-26(27)32/h2-17H,18-19,32H2,1H3,(H,33,36)(H,34,35)/b25-16+. The summed E-state index contributed by atoms with van der Waals surface area (Å²) in [6, 6.07) is 27.7. The van der Waals surface area contributed by atoms with Crippen LogP contribution < -0.4 is 25.8 Å². The molecule has 1 aliphatic rings. The molecule has 4 N–H and O–H groups in total. The molecule has 1 heterocycles. The molecule has 4 aromatic carbocycles. The van der Waals surface area contributed by atoms with Gasteiger partial charge in [-0.15, -0.1) is 11.8 Å². The second-order valence-electron chi connectivity index (χ2n) is 8.82. The maximum Gasteiger partial charge on any atom is 0.255 e. The van der Waals surface area contributed by atoms with Crippen LogP contribution in [0, 0.1) is 0 Å². The van der Waals surface area contributed by atoms with Crippen LogP contribution >= 0.6 is 11.8 Å². The monoisotopic (exact) mass is 537 g/mol. The lowest BCUT2D eigenvalue weighted by molar-refractivity contribution is -0.115. The van der Waals surface area contributed by atoms with Crippen LogP contribution in [0.2, 0.25) is 0 Å². The van der Waals surface area contributed by atoms with Crippen LogP contribution in [0.3, 0.4) is 0 Å². The highest BCUT2D eigenvalue weighted by atomic mass is 32.2. The predicted molar refractivity (Wildman–Crippen MR) is 156 cm³/mol. The number of carbonyl (C=O) groups is 2. The number of anilines is 2. The highest BCUT2D eigenvalue weighted by Gasteiger charge is 2.18. The Labute approximate surface area is 231 Å². The molecule has 8 heteroatoms. The minimum absolute atomic E-state index is 0.160.